The number of rotatable bonds is 6. The first-order chi connectivity index (χ1) is 16.0. The van der Waals surface area contributed by atoms with Crippen molar-refractivity contribution in [1.82, 2.24) is 10.0 Å². The van der Waals surface area contributed by atoms with Crippen LogP contribution < -0.4 is 15.2 Å². The van der Waals surface area contributed by atoms with E-state index in [1.165, 1.54) is 0 Å². The van der Waals surface area contributed by atoms with Gasteiger partial charge in [-0.1, -0.05) is 36.4 Å². The molecular formula is C26H28N4O3. The fourth-order valence-corrected chi connectivity index (χ4v) is 4.58. The molecule has 0 saturated carbocycles. The minimum atomic E-state index is -0.536. The van der Waals surface area contributed by atoms with Crippen molar-refractivity contribution in [3.8, 4) is 17.6 Å². The second-order valence-electron chi connectivity index (χ2n) is 8.32. The number of nitriles is 1. The van der Waals surface area contributed by atoms with Crippen molar-refractivity contribution in [2.24, 2.45) is 5.73 Å². The highest BCUT2D eigenvalue weighted by Crippen LogP contribution is 2.46. The van der Waals surface area contributed by atoms with Gasteiger partial charge >= 0.3 is 0 Å². The lowest BCUT2D eigenvalue weighted by Gasteiger charge is -2.42. The summed E-state index contributed by atoms with van der Waals surface area (Å²) in [5.41, 5.74) is 10.2. The number of benzene rings is 2. The Balaban J connectivity index is 1.75. The maximum atomic E-state index is 13.1. The molecule has 4 rings (SSSR count). The molecule has 0 fully saturated rings. The van der Waals surface area contributed by atoms with Gasteiger partial charge in [-0.2, -0.15) is 5.26 Å². The lowest BCUT2D eigenvalue weighted by atomic mass is 9.76. The largest absolute Gasteiger partial charge is 0.493 e. The Bertz CT molecular complexity index is 1160. The summed E-state index contributed by atoms with van der Waals surface area (Å²) in [6.07, 6.45) is 1.95. The normalized spacial score (nSPS) is 18.3. The van der Waals surface area contributed by atoms with E-state index >= 15 is 0 Å². The van der Waals surface area contributed by atoms with Gasteiger partial charge in [0.2, 0.25) is 0 Å². The molecule has 1 atom stereocenters. The molecule has 0 bridgehead atoms. The van der Waals surface area contributed by atoms with E-state index in [2.05, 4.69) is 6.07 Å². The average Bonchev–Trinajstić information content (AvgIpc) is 2.82. The Hall–Kier alpha value is -3.76. The van der Waals surface area contributed by atoms with Gasteiger partial charge in [0.15, 0.2) is 17.3 Å². The number of allylic oxidation sites excluding steroid dienone is 3. The number of carbonyl (C=O) groups is 1. The zero-order valence-corrected chi connectivity index (χ0v) is 19.2. The monoisotopic (exact) mass is 444 g/mol. The second kappa shape index (κ2) is 9.39. The van der Waals surface area contributed by atoms with Crippen LogP contribution in [0.4, 0.5) is 0 Å². The van der Waals surface area contributed by atoms with E-state index in [0.717, 1.165) is 29.7 Å². The Kier molecular flexibility index (Phi) is 6.38. The molecule has 7 heteroatoms. The van der Waals surface area contributed by atoms with Crippen molar-refractivity contribution in [2.75, 3.05) is 21.2 Å². The van der Waals surface area contributed by atoms with Crippen LogP contribution >= 0.6 is 0 Å². The molecule has 0 radical (unpaired) electrons. The number of hydrogen-bond acceptors (Lipinski definition) is 7. The third kappa shape index (κ3) is 4.18. The number of carbonyl (C=O) groups excluding carboxylic acids is 1. The van der Waals surface area contributed by atoms with Crippen LogP contribution in [0.3, 0.4) is 0 Å². The molecule has 7 nitrogen and oxygen atoms in total. The topological polar surface area (TPSA) is 91.8 Å². The summed E-state index contributed by atoms with van der Waals surface area (Å²) in [7, 11) is 5.29. The van der Waals surface area contributed by atoms with Crippen LogP contribution in [0, 0.1) is 11.3 Å². The Morgan fingerprint density at radius 2 is 1.91 bits per heavy atom. The number of nitrogens with zero attached hydrogens (tertiary/aromatic N) is 3. The van der Waals surface area contributed by atoms with Crippen molar-refractivity contribution in [1.29, 1.82) is 5.26 Å². The molecule has 0 saturated heterocycles. The first kappa shape index (κ1) is 22.4. The van der Waals surface area contributed by atoms with Gasteiger partial charge in [-0.3, -0.25) is 9.80 Å². The summed E-state index contributed by atoms with van der Waals surface area (Å²) in [5.74, 6) is 1.00. The van der Waals surface area contributed by atoms with Crippen molar-refractivity contribution < 1.29 is 14.3 Å². The number of nitrogens with two attached hydrogens (primary N) is 1. The molecule has 1 heterocycles. The van der Waals surface area contributed by atoms with Crippen molar-refractivity contribution >= 4 is 5.78 Å². The minimum absolute atomic E-state index is 0.0525. The van der Waals surface area contributed by atoms with Crippen LogP contribution in [-0.2, 0) is 11.4 Å². The molecule has 2 aromatic carbocycles. The maximum absolute atomic E-state index is 13.1. The molecule has 2 aromatic rings. The van der Waals surface area contributed by atoms with Crippen LogP contribution in [0.15, 0.2) is 71.2 Å². The van der Waals surface area contributed by atoms with E-state index in [1.807, 2.05) is 67.6 Å². The SMILES string of the molecule is COc1cc([C@H]2C(C#N)=C(N)N(N(C)C)C3=C2C(=O)CCC3)ccc1OCc1ccccc1. The molecular weight excluding hydrogens is 416 g/mol. The van der Waals surface area contributed by atoms with Crippen LogP contribution in [0.25, 0.3) is 0 Å². The fraction of sp³-hybridized carbons (Fsp3) is 0.308. The van der Waals surface area contributed by atoms with Crippen LogP contribution in [0.5, 0.6) is 11.5 Å². The number of ketones is 1. The molecule has 1 aliphatic carbocycles. The lowest BCUT2D eigenvalue weighted by Crippen LogP contribution is -2.45. The third-order valence-corrected chi connectivity index (χ3v) is 6.04. The van der Waals surface area contributed by atoms with Gasteiger partial charge in [-0.05, 0) is 36.1 Å². The van der Waals surface area contributed by atoms with Crippen LogP contribution in [0.2, 0.25) is 0 Å². The number of Topliss-reactive ketones (excluding diaryl/α,β-unsaturated/α-hetero) is 1. The lowest BCUT2D eigenvalue weighted by molar-refractivity contribution is -0.116. The standard InChI is InChI=1S/C26H28N4O3/c1-29(2)30-20-10-7-11-21(31)25(20)24(19(15-27)26(30)28)18-12-13-22(23(14-18)32-3)33-16-17-8-5-4-6-9-17/h4-6,8-9,12-14,24H,7,10-11,16,28H2,1-3H3/t24-/m0/s1. The van der Waals surface area contributed by atoms with E-state index in [1.54, 1.807) is 12.1 Å². The first-order valence-electron chi connectivity index (χ1n) is 10.9. The molecule has 2 N–H and O–H groups in total. The summed E-state index contributed by atoms with van der Waals surface area (Å²) >= 11 is 0. The summed E-state index contributed by atoms with van der Waals surface area (Å²) in [4.78, 5) is 13.1. The highest BCUT2D eigenvalue weighted by atomic mass is 16.5. The molecule has 170 valence electrons. The molecule has 33 heavy (non-hydrogen) atoms. The van der Waals surface area contributed by atoms with Crippen LogP contribution in [-0.4, -0.2) is 37.0 Å². The molecule has 0 aromatic heterocycles. The minimum Gasteiger partial charge on any atom is -0.493 e. The van der Waals surface area contributed by atoms with Gasteiger partial charge in [0.1, 0.15) is 12.4 Å². The van der Waals surface area contributed by atoms with E-state index in [9.17, 15) is 10.1 Å². The predicted molar refractivity (Wildman–Crippen MR) is 125 cm³/mol. The number of methoxy groups -OCH3 is 1. The Morgan fingerprint density at radius 3 is 2.58 bits per heavy atom. The van der Waals surface area contributed by atoms with Crippen molar-refractivity contribution in [2.45, 2.75) is 31.8 Å². The van der Waals surface area contributed by atoms with Gasteiger partial charge < -0.3 is 15.2 Å². The van der Waals surface area contributed by atoms with Gasteiger partial charge in [-0.15, -0.1) is 0 Å². The van der Waals surface area contributed by atoms with E-state index < -0.39 is 5.92 Å². The van der Waals surface area contributed by atoms with Gasteiger partial charge in [0.05, 0.1) is 24.7 Å². The summed E-state index contributed by atoms with van der Waals surface area (Å²) in [5, 5.41) is 13.6. The summed E-state index contributed by atoms with van der Waals surface area (Å²) in [6, 6.07) is 17.7. The molecule has 0 amide bonds. The number of hydrazine groups is 1. The summed E-state index contributed by atoms with van der Waals surface area (Å²) < 4.78 is 11.6. The number of hydrogen-bond donors (Lipinski definition) is 1. The average molecular weight is 445 g/mol. The molecule has 0 unspecified atom stereocenters. The quantitative estimate of drug-likeness (QED) is 0.723. The van der Waals surface area contributed by atoms with Crippen molar-refractivity contribution in [3.05, 3.63) is 82.3 Å². The summed E-state index contributed by atoms with van der Waals surface area (Å²) in [6.45, 7) is 0.405. The van der Waals surface area contributed by atoms with Crippen LogP contribution in [0.1, 0.15) is 36.3 Å². The molecule has 2 aliphatic rings. The fourth-order valence-electron chi connectivity index (χ4n) is 4.58. The Morgan fingerprint density at radius 1 is 1.15 bits per heavy atom. The van der Waals surface area contributed by atoms with Crippen molar-refractivity contribution in [3.63, 3.8) is 0 Å². The van der Waals surface area contributed by atoms with E-state index in [-0.39, 0.29) is 5.78 Å². The number of ether oxygens (including phenoxy) is 2. The van der Waals surface area contributed by atoms with Gasteiger partial charge in [0, 0.05) is 31.8 Å². The highest BCUT2D eigenvalue weighted by molar-refractivity contribution is 5.99. The zero-order chi connectivity index (χ0) is 23.5. The second-order valence-corrected chi connectivity index (χ2v) is 8.32. The highest BCUT2D eigenvalue weighted by Gasteiger charge is 2.40. The third-order valence-electron chi connectivity index (χ3n) is 6.04. The van der Waals surface area contributed by atoms with E-state index in [4.69, 9.17) is 15.2 Å². The first-order valence-corrected chi connectivity index (χ1v) is 10.9. The maximum Gasteiger partial charge on any atom is 0.161 e. The zero-order valence-electron chi connectivity index (χ0n) is 19.2. The Labute approximate surface area is 194 Å². The van der Waals surface area contributed by atoms with Gasteiger partial charge in [-0.25, -0.2) is 5.01 Å². The molecule has 0 spiro atoms. The molecule has 1 aliphatic heterocycles. The smallest absolute Gasteiger partial charge is 0.161 e. The van der Waals surface area contributed by atoms with E-state index in [0.29, 0.717) is 41.5 Å². The predicted octanol–water partition coefficient (Wildman–Crippen LogP) is 3.85. The van der Waals surface area contributed by atoms with Gasteiger partial charge in [0.25, 0.3) is 0 Å².